The van der Waals surface area contributed by atoms with E-state index in [2.05, 4.69) is 0 Å². The average molecular weight is 284 g/mol. The molecule has 6 heteroatoms. The van der Waals surface area contributed by atoms with Gasteiger partial charge in [-0.05, 0) is 38.0 Å². The van der Waals surface area contributed by atoms with Gasteiger partial charge >= 0.3 is 0 Å². The van der Waals surface area contributed by atoms with Crippen LogP contribution in [-0.2, 0) is 15.8 Å². The fraction of sp³-hybridized carbons (Fsp3) is 0.462. The highest BCUT2D eigenvalue weighted by Gasteiger charge is 2.18. The van der Waals surface area contributed by atoms with Crippen molar-refractivity contribution in [1.82, 2.24) is 4.90 Å². The molecule has 0 bridgehead atoms. The van der Waals surface area contributed by atoms with Gasteiger partial charge in [-0.3, -0.25) is 9.36 Å². The second-order valence-corrected chi connectivity index (χ2v) is 5.51. The van der Waals surface area contributed by atoms with Gasteiger partial charge in [0.15, 0.2) is 0 Å². The van der Waals surface area contributed by atoms with Gasteiger partial charge in [0.2, 0.25) is 13.9 Å². The lowest BCUT2D eigenvalue weighted by molar-refractivity contribution is -0.132. The number of amides is 1. The molecule has 0 aliphatic rings. The molecule has 2 atom stereocenters. The first-order chi connectivity index (χ1) is 8.99. The van der Waals surface area contributed by atoms with Crippen molar-refractivity contribution in [3.8, 4) is 0 Å². The fourth-order valence-electron chi connectivity index (χ4n) is 1.89. The lowest BCUT2D eigenvalue weighted by atomic mass is 10.1. The Labute approximate surface area is 114 Å². The topological polar surface area (TPSA) is 83.6 Å². The maximum Gasteiger partial charge on any atom is 0.239 e. The second-order valence-electron chi connectivity index (χ2n) is 4.32. The molecule has 1 unspecified atom stereocenters. The van der Waals surface area contributed by atoms with E-state index in [4.69, 9.17) is 10.6 Å². The van der Waals surface area contributed by atoms with E-state index in [1.54, 1.807) is 29.2 Å². The summed E-state index contributed by atoms with van der Waals surface area (Å²) < 4.78 is 10.9. The van der Waals surface area contributed by atoms with E-state index >= 15 is 0 Å². The van der Waals surface area contributed by atoms with Crippen LogP contribution < -0.4 is 11.0 Å². The molecule has 3 N–H and O–H groups in total. The van der Waals surface area contributed by atoms with Gasteiger partial charge in [0.1, 0.15) is 0 Å². The summed E-state index contributed by atoms with van der Waals surface area (Å²) in [4.78, 5) is 22.7. The van der Waals surface area contributed by atoms with E-state index in [1.807, 2.05) is 13.8 Å². The lowest BCUT2D eigenvalue weighted by Crippen LogP contribution is -2.44. The molecule has 1 aromatic rings. The molecule has 0 aliphatic carbocycles. The van der Waals surface area contributed by atoms with Gasteiger partial charge in [-0.1, -0.05) is 12.1 Å². The third-order valence-corrected chi connectivity index (χ3v) is 3.88. The van der Waals surface area contributed by atoms with Crippen LogP contribution in [0.3, 0.4) is 0 Å². The Morgan fingerprint density at radius 3 is 2.26 bits per heavy atom. The van der Waals surface area contributed by atoms with Gasteiger partial charge in [0, 0.05) is 18.4 Å². The van der Waals surface area contributed by atoms with Crippen LogP contribution in [0.2, 0.25) is 0 Å². The summed E-state index contributed by atoms with van der Waals surface area (Å²) >= 11 is 0. The van der Waals surface area contributed by atoms with Gasteiger partial charge < -0.3 is 15.5 Å². The first-order valence-electron chi connectivity index (χ1n) is 6.36. The monoisotopic (exact) mass is 284 g/mol. The molecule has 1 amide bonds. The van der Waals surface area contributed by atoms with Crippen molar-refractivity contribution in [3.63, 3.8) is 0 Å². The molecular formula is C13H21N2O3P. The first kappa shape index (κ1) is 15.9. The summed E-state index contributed by atoms with van der Waals surface area (Å²) in [6, 6.07) is 6.11. The Kier molecular flexibility index (Phi) is 6.22. The molecule has 0 saturated heterocycles. The van der Waals surface area contributed by atoms with Crippen LogP contribution in [0.15, 0.2) is 24.3 Å². The van der Waals surface area contributed by atoms with Gasteiger partial charge in [-0.15, -0.1) is 0 Å². The van der Waals surface area contributed by atoms with E-state index in [0.717, 1.165) is 5.56 Å². The Hall–Kier alpha value is -1.16. The van der Waals surface area contributed by atoms with Crippen LogP contribution in [0.5, 0.6) is 0 Å². The van der Waals surface area contributed by atoms with Gasteiger partial charge in [0.25, 0.3) is 0 Å². The highest BCUT2D eigenvalue weighted by atomic mass is 31.1. The maximum atomic E-state index is 12.0. The summed E-state index contributed by atoms with van der Waals surface area (Å²) in [5.41, 5.74) is 6.79. The summed E-state index contributed by atoms with van der Waals surface area (Å²) in [6.45, 7) is 5.13. The molecule has 0 saturated carbocycles. The number of nitrogens with two attached hydrogens (primary N) is 1. The standard InChI is InChI=1S/C13H21N2O3P/c1-3-15(4-2)13(16)12(14)9-10-5-7-11(8-6-10)19(17)18/h5-8,12,19H,3-4,9,14H2,1-2H3,(H,17,18)/t12-/m0/s1. The summed E-state index contributed by atoms with van der Waals surface area (Å²) in [5.74, 6) is -0.0650. The Morgan fingerprint density at radius 1 is 1.32 bits per heavy atom. The lowest BCUT2D eigenvalue weighted by Gasteiger charge is -2.22. The highest BCUT2D eigenvalue weighted by molar-refractivity contribution is 7.47. The minimum Gasteiger partial charge on any atom is -0.343 e. The van der Waals surface area contributed by atoms with Crippen molar-refractivity contribution < 1.29 is 14.3 Å². The number of hydrogen-bond acceptors (Lipinski definition) is 3. The number of carbonyl (C=O) groups is 1. The Balaban J connectivity index is 2.68. The van der Waals surface area contributed by atoms with Crippen molar-refractivity contribution in [2.45, 2.75) is 26.3 Å². The zero-order valence-corrected chi connectivity index (χ0v) is 12.3. The molecule has 106 valence electrons. The Morgan fingerprint density at radius 2 is 1.84 bits per heavy atom. The highest BCUT2D eigenvalue weighted by Crippen LogP contribution is 2.13. The van der Waals surface area contributed by atoms with Crippen molar-refractivity contribution in [2.75, 3.05) is 13.1 Å². The average Bonchev–Trinajstić information content (AvgIpc) is 2.40. The van der Waals surface area contributed by atoms with E-state index in [9.17, 15) is 9.36 Å². The zero-order valence-electron chi connectivity index (χ0n) is 11.3. The predicted molar refractivity (Wildman–Crippen MR) is 76.9 cm³/mol. The minimum absolute atomic E-state index is 0.0650. The molecule has 5 nitrogen and oxygen atoms in total. The first-order valence-corrected chi connectivity index (χ1v) is 7.71. The van der Waals surface area contributed by atoms with Crippen molar-refractivity contribution >= 4 is 19.2 Å². The van der Waals surface area contributed by atoms with Crippen LogP contribution in [0.4, 0.5) is 0 Å². The number of benzene rings is 1. The SMILES string of the molecule is CCN(CC)C(=O)[C@@H](N)Cc1ccc([PH](=O)O)cc1. The van der Waals surface area contributed by atoms with Crippen LogP contribution in [0.25, 0.3) is 0 Å². The number of rotatable bonds is 6. The van der Waals surface area contributed by atoms with Crippen LogP contribution in [0.1, 0.15) is 19.4 Å². The molecule has 1 aromatic carbocycles. The quantitative estimate of drug-likeness (QED) is 0.746. The van der Waals surface area contributed by atoms with Crippen LogP contribution in [0, 0.1) is 0 Å². The van der Waals surface area contributed by atoms with Crippen molar-refractivity contribution in [1.29, 1.82) is 0 Å². The van der Waals surface area contributed by atoms with Crippen molar-refractivity contribution in [3.05, 3.63) is 29.8 Å². The molecular weight excluding hydrogens is 263 g/mol. The normalized spacial score (nSPS) is 13.9. The summed E-state index contributed by atoms with van der Waals surface area (Å²) in [5, 5.41) is 0.414. The largest absolute Gasteiger partial charge is 0.343 e. The van der Waals surface area contributed by atoms with Gasteiger partial charge in [-0.25, -0.2) is 0 Å². The molecule has 0 aliphatic heterocycles. The van der Waals surface area contributed by atoms with E-state index in [-0.39, 0.29) is 5.91 Å². The van der Waals surface area contributed by atoms with Gasteiger partial charge in [0.05, 0.1) is 6.04 Å². The maximum absolute atomic E-state index is 12.0. The van der Waals surface area contributed by atoms with Crippen molar-refractivity contribution in [2.24, 2.45) is 5.73 Å². The molecule has 0 radical (unpaired) electrons. The van der Waals surface area contributed by atoms with Crippen LogP contribution in [-0.4, -0.2) is 34.8 Å². The molecule has 0 aromatic heterocycles. The predicted octanol–water partition coefficient (Wildman–Crippen LogP) is 0.517. The smallest absolute Gasteiger partial charge is 0.239 e. The van der Waals surface area contributed by atoms with Gasteiger partial charge in [-0.2, -0.15) is 0 Å². The van der Waals surface area contributed by atoms with Crippen LogP contribution >= 0.6 is 8.03 Å². The summed E-state index contributed by atoms with van der Waals surface area (Å²) in [7, 11) is -2.65. The number of likely N-dealkylation sites (N-methyl/N-ethyl adjacent to an activating group) is 1. The number of carbonyl (C=O) groups excluding carboxylic acids is 1. The number of nitrogens with zero attached hydrogens (tertiary/aromatic N) is 1. The second kappa shape index (κ2) is 7.43. The third-order valence-electron chi connectivity index (χ3n) is 3.05. The van der Waals surface area contributed by atoms with E-state index in [1.165, 1.54) is 0 Å². The molecule has 19 heavy (non-hydrogen) atoms. The van der Waals surface area contributed by atoms with E-state index < -0.39 is 14.1 Å². The number of hydrogen-bond donors (Lipinski definition) is 2. The third kappa shape index (κ3) is 4.46. The molecule has 0 heterocycles. The molecule has 0 fully saturated rings. The Bertz CT molecular complexity index is 444. The fourth-order valence-corrected chi connectivity index (χ4v) is 2.35. The molecule has 0 spiro atoms. The zero-order chi connectivity index (χ0) is 14.4. The van der Waals surface area contributed by atoms with E-state index in [0.29, 0.717) is 24.8 Å². The molecule has 1 rings (SSSR count). The summed E-state index contributed by atoms with van der Waals surface area (Å²) in [6.07, 6.45) is 0.433. The minimum atomic E-state index is -2.65.